The Bertz CT molecular complexity index is 312. The van der Waals surface area contributed by atoms with E-state index >= 15 is 0 Å². The topological polar surface area (TPSA) is 87.7 Å². The van der Waals surface area contributed by atoms with E-state index in [0.29, 0.717) is 13.2 Å². The first kappa shape index (κ1) is 15.8. The molecule has 1 rings (SSSR count). The minimum atomic E-state index is -0.870. The van der Waals surface area contributed by atoms with Gasteiger partial charge in [0.25, 0.3) is 0 Å². The van der Waals surface area contributed by atoms with Crippen LogP contribution in [0.3, 0.4) is 0 Å². The Morgan fingerprint density at radius 3 is 2.47 bits per heavy atom. The van der Waals surface area contributed by atoms with Crippen molar-refractivity contribution in [1.29, 1.82) is 0 Å². The molecule has 1 saturated carbocycles. The Labute approximate surface area is 113 Å². The second-order valence-electron chi connectivity index (χ2n) is 5.36. The molecule has 1 aliphatic carbocycles. The van der Waals surface area contributed by atoms with Crippen LogP contribution in [-0.4, -0.2) is 41.9 Å². The highest BCUT2D eigenvalue weighted by Gasteiger charge is 2.37. The maximum atomic E-state index is 11.8. The zero-order chi connectivity index (χ0) is 14.3. The molecule has 0 heterocycles. The fourth-order valence-corrected chi connectivity index (χ4v) is 2.43. The van der Waals surface area contributed by atoms with Gasteiger partial charge in [-0.2, -0.15) is 0 Å². The number of carboxylic acids is 1. The average Bonchev–Trinajstić information content (AvgIpc) is 2.71. The first-order chi connectivity index (χ1) is 8.93. The molecule has 6 heteroatoms. The number of hydrogen-bond donors (Lipinski definition) is 3. The summed E-state index contributed by atoms with van der Waals surface area (Å²) in [6, 6.07) is -0.310. The van der Waals surface area contributed by atoms with Crippen LogP contribution in [-0.2, 0) is 9.53 Å². The van der Waals surface area contributed by atoms with Gasteiger partial charge in [-0.25, -0.2) is 4.79 Å². The molecule has 1 aliphatic rings. The van der Waals surface area contributed by atoms with E-state index in [0.717, 1.165) is 25.7 Å². The maximum absolute atomic E-state index is 11.8. The Morgan fingerprint density at radius 2 is 1.95 bits per heavy atom. The van der Waals surface area contributed by atoms with Crippen LogP contribution in [0.1, 0.15) is 46.0 Å². The van der Waals surface area contributed by atoms with Crippen molar-refractivity contribution >= 4 is 12.0 Å². The number of nitrogens with one attached hydrogen (secondary N) is 2. The fraction of sp³-hybridized carbons (Fsp3) is 0.846. The van der Waals surface area contributed by atoms with E-state index in [-0.39, 0.29) is 18.6 Å². The standard InChI is InChI=1S/C13H24N2O4/c1-10(2)19-8-7-14-12(18)15-13(9-11(16)17)5-3-4-6-13/h10H,3-9H2,1-2H3,(H,16,17)(H2,14,15,18). The van der Waals surface area contributed by atoms with Crippen molar-refractivity contribution < 1.29 is 19.4 Å². The number of rotatable bonds is 7. The highest BCUT2D eigenvalue weighted by Crippen LogP contribution is 2.32. The second kappa shape index (κ2) is 7.33. The van der Waals surface area contributed by atoms with E-state index in [1.165, 1.54) is 0 Å². The summed E-state index contributed by atoms with van der Waals surface area (Å²) in [4.78, 5) is 22.6. The number of carbonyl (C=O) groups excluding carboxylic acids is 1. The van der Waals surface area contributed by atoms with E-state index < -0.39 is 11.5 Å². The van der Waals surface area contributed by atoms with E-state index in [2.05, 4.69) is 10.6 Å². The van der Waals surface area contributed by atoms with Gasteiger partial charge < -0.3 is 20.5 Å². The van der Waals surface area contributed by atoms with Crippen molar-refractivity contribution in [1.82, 2.24) is 10.6 Å². The van der Waals surface area contributed by atoms with Gasteiger partial charge in [-0.3, -0.25) is 4.79 Å². The van der Waals surface area contributed by atoms with Gasteiger partial charge in [0.2, 0.25) is 0 Å². The number of urea groups is 1. The van der Waals surface area contributed by atoms with Crippen molar-refractivity contribution in [3.05, 3.63) is 0 Å². The molecule has 2 amide bonds. The maximum Gasteiger partial charge on any atom is 0.315 e. The first-order valence-electron chi connectivity index (χ1n) is 6.83. The van der Waals surface area contributed by atoms with Gasteiger partial charge in [-0.05, 0) is 26.7 Å². The van der Waals surface area contributed by atoms with E-state index in [1.54, 1.807) is 0 Å². The van der Waals surface area contributed by atoms with Crippen molar-refractivity contribution in [3.63, 3.8) is 0 Å². The summed E-state index contributed by atoms with van der Waals surface area (Å²) >= 11 is 0. The molecule has 0 aliphatic heterocycles. The van der Waals surface area contributed by atoms with Crippen LogP contribution in [0.25, 0.3) is 0 Å². The molecule has 0 spiro atoms. The SMILES string of the molecule is CC(C)OCCNC(=O)NC1(CC(=O)O)CCCC1. The number of carbonyl (C=O) groups is 2. The summed E-state index contributed by atoms with van der Waals surface area (Å²) in [6.45, 7) is 4.74. The van der Waals surface area contributed by atoms with Crippen LogP contribution in [0.15, 0.2) is 0 Å². The normalized spacial score (nSPS) is 17.4. The minimum absolute atomic E-state index is 0.0110. The molecular weight excluding hydrogens is 248 g/mol. The van der Waals surface area contributed by atoms with Crippen LogP contribution in [0, 0.1) is 0 Å². The number of aliphatic carboxylic acids is 1. The Morgan fingerprint density at radius 1 is 1.32 bits per heavy atom. The molecule has 19 heavy (non-hydrogen) atoms. The molecule has 0 aromatic heterocycles. The lowest BCUT2D eigenvalue weighted by molar-refractivity contribution is -0.138. The van der Waals surface area contributed by atoms with Crippen LogP contribution in [0.2, 0.25) is 0 Å². The molecule has 3 N–H and O–H groups in total. The summed E-state index contributed by atoms with van der Waals surface area (Å²) in [5.41, 5.74) is -0.575. The van der Waals surface area contributed by atoms with Gasteiger partial charge in [0.1, 0.15) is 0 Å². The molecule has 1 fully saturated rings. The summed E-state index contributed by atoms with van der Waals surface area (Å²) in [7, 11) is 0. The zero-order valence-electron chi connectivity index (χ0n) is 11.7. The minimum Gasteiger partial charge on any atom is -0.481 e. The van der Waals surface area contributed by atoms with Crippen LogP contribution in [0.4, 0.5) is 4.79 Å². The van der Waals surface area contributed by atoms with Crippen LogP contribution < -0.4 is 10.6 Å². The predicted octanol–water partition coefficient (Wildman–Crippen LogP) is 1.50. The molecule has 0 atom stereocenters. The summed E-state index contributed by atoms with van der Waals surface area (Å²) in [5.74, 6) is -0.870. The largest absolute Gasteiger partial charge is 0.481 e. The summed E-state index contributed by atoms with van der Waals surface area (Å²) < 4.78 is 5.32. The third kappa shape index (κ3) is 5.92. The quantitative estimate of drug-likeness (QED) is 0.613. The zero-order valence-corrected chi connectivity index (χ0v) is 11.7. The van der Waals surface area contributed by atoms with Gasteiger partial charge in [-0.1, -0.05) is 12.8 Å². The number of hydrogen-bond acceptors (Lipinski definition) is 3. The fourth-order valence-electron chi connectivity index (χ4n) is 2.43. The third-order valence-electron chi connectivity index (χ3n) is 3.27. The van der Waals surface area contributed by atoms with Crippen LogP contribution in [0.5, 0.6) is 0 Å². The smallest absolute Gasteiger partial charge is 0.315 e. The Hall–Kier alpha value is -1.30. The van der Waals surface area contributed by atoms with Gasteiger partial charge in [0, 0.05) is 6.54 Å². The molecule has 0 aromatic rings. The summed E-state index contributed by atoms with van der Waals surface area (Å²) in [6.07, 6.45) is 3.51. The highest BCUT2D eigenvalue weighted by molar-refractivity contribution is 5.76. The molecule has 110 valence electrons. The molecule has 0 saturated heterocycles. The van der Waals surface area contributed by atoms with E-state index in [4.69, 9.17) is 9.84 Å². The van der Waals surface area contributed by atoms with E-state index in [9.17, 15) is 9.59 Å². The monoisotopic (exact) mass is 272 g/mol. The third-order valence-corrected chi connectivity index (χ3v) is 3.27. The lowest BCUT2D eigenvalue weighted by Crippen LogP contribution is -2.52. The Balaban J connectivity index is 2.33. The van der Waals surface area contributed by atoms with Crippen LogP contribution >= 0.6 is 0 Å². The van der Waals surface area contributed by atoms with Crippen molar-refractivity contribution in [3.8, 4) is 0 Å². The summed E-state index contributed by atoms with van der Waals surface area (Å²) in [5, 5.41) is 14.5. The molecule has 6 nitrogen and oxygen atoms in total. The van der Waals surface area contributed by atoms with Crippen molar-refractivity contribution in [2.24, 2.45) is 0 Å². The molecule has 0 radical (unpaired) electrons. The lowest BCUT2D eigenvalue weighted by atomic mass is 9.93. The van der Waals surface area contributed by atoms with Gasteiger partial charge in [-0.15, -0.1) is 0 Å². The molecule has 0 unspecified atom stereocenters. The average molecular weight is 272 g/mol. The van der Waals surface area contributed by atoms with Crippen molar-refractivity contribution in [2.45, 2.75) is 57.6 Å². The Kier molecular flexibility index (Phi) is 6.08. The molecular formula is C13H24N2O4. The lowest BCUT2D eigenvalue weighted by Gasteiger charge is -2.28. The van der Waals surface area contributed by atoms with Crippen molar-refractivity contribution in [2.75, 3.05) is 13.2 Å². The molecule has 0 bridgehead atoms. The van der Waals surface area contributed by atoms with Gasteiger partial charge in [0.05, 0.1) is 24.7 Å². The predicted molar refractivity (Wildman–Crippen MR) is 71.1 cm³/mol. The molecule has 0 aromatic carbocycles. The number of ether oxygens (including phenoxy) is 1. The van der Waals surface area contributed by atoms with Gasteiger partial charge >= 0.3 is 12.0 Å². The number of carboxylic acid groups (broad SMARTS) is 1. The van der Waals surface area contributed by atoms with E-state index in [1.807, 2.05) is 13.8 Å². The highest BCUT2D eigenvalue weighted by atomic mass is 16.5. The second-order valence-corrected chi connectivity index (χ2v) is 5.36. The number of amides is 2. The first-order valence-corrected chi connectivity index (χ1v) is 6.83. The van der Waals surface area contributed by atoms with Gasteiger partial charge in [0.15, 0.2) is 0 Å².